The van der Waals surface area contributed by atoms with Crippen LogP contribution in [0.3, 0.4) is 0 Å². The minimum absolute atomic E-state index is 0.0647. The van der Waals surface area contributed by atoms with Crippen LogP contribution in [0.1, 0.15) is 31.1 Å². The van der Waals surface area contributed by atoms with Crippen molar-refractivity contribution >= 4 is 65.0 Å². The lowest BCUT2D eigenvalue weighted by atomic mass is 10.0. The van der Waals surface area contributed by atoms with Crippen molar-refractivity contribution in [2.75, 3.05) is 0 Å². The third kappa shape index (κ3) is 3.55. The first kappa shape index (κ1) is 14.7. The highest BCUT2D eigenvalue weighted by molar-refractivity contribution is 9.12. The quantitative estimate of drug-likeness (QED) is 0.695. The molecule has 1 atom stereocenters. The molecule has 0 fully saturated rings. The molecule has 1 unspecified atom stereocenters. The molecule has 1 aromatic rings. The second kappa shape index (κ2) is 5.50. The van der Waals surface area contributed by atoms with Gasteiger partial charge in [-0.1, -0.05) is 22.9 Å². The zero-order valence-corrected chi connectivity index (χ0v) is 14.7. The smallest absolute Gasteiger partial charge is 0.253 e. The Labute approximate surface area is 125 Å². The Hall–Kier alpha value is 0.610. The fraction of sp³-hybridized carbons (Fsp3) is 0.500. The highest BCUT2D eigenvalue weighted by Gasteiger charge is 2.27. The molecule has 1 heterocycles. The summed E-state index contributed by atoms with van der Waals surface area (Å²) in [6, 6.07) is 1.82. The lowest BCUT2D eigenvalue weighted by molar-refractivity contribution is 0.0913. The first-order valence-corrected chi connectivity index (χ1v) is 7.97. The van der Waals surface area contributed by atoms with Crippen LogP contribution in [0.15, 0.2) is 13.6 Å². The van der Waals surface area contributed by atoms with Gasteiger partial charge in [-0.15, -0.1) is 11.3 Å². The van der Waals surface area contributed by atoms with Gasteiger partial charge in [-0.05, 0) is 51.8 Å². The van der Waals surface area contributed by atoms with Gasteiger partial charge in [0.2, 0.25) is 0 Å². The van der Waals surface area contributed by atoms with Crippen LogP contribution in [0.2, 0.25) is 0 Å². The van der Waals surface area contributed by atoms with E-state index in [1.54, 1.807) is 0 Å². The van der Waals surface area contributed by atoms with Crippen molar-refractivity contribution in [3.8, 4) is 0 Å². The summed E-state index contributed by atoms with van der Waals surface area (Å²) in [5.41, 5.74) is 0.378. The van der Waals surface area contributed by atoms with Crippen LogP contribution in [-0.4, -0.2) is 16.3 Å². The topological polar surface area (TPSA) is 29.1 Å². The Kier molecular flexibility index (Phi) is 5.04. The molecule has 0 aromatic carbocycles. The summed E-state index contributed by atoms with van der Waals surface area (Å²) >= 11 is 11.7. The average molecular weight is 434 g/mol. The van der Waals surface area contributed by atoms with Crippen molar-refractivity contribution in [1.29, 1.82) is 0 Å². The number of carbonyl (C=O) groups excluding carboxylic acids is 1. The minimum Gasteiger partial charge on any atom is -0.346 e. The SMILES string of the molecule is CC(Br)C(C)(C)NC(=O)c1cc(Br)sc1Br. The lowest BCUT2D eigenvalue weighted by Gasteiger charge is -2.29. The van der Waals surface area contributed by atoms with Gasteiger partial charge in [-0.3, -0.25) is 4.79 Å². The highest BCUT2D eigenvalue weighted by atomic mass is 79.9. The number of thiophene rings is 1. The Bertz CT molecular complexity index is 401. The molecule has 90 valence electrons. The maximum Gasteiger partial charge on any atom is 0.253 e. The lowest BCUT2D eigenvalue weighted by Crippen LogP contribution is -2.48. The third-order valence-corrected chi connectivity index (χ3v) is 5.82. The predicted octanol–water partition coefficient (Wildman–Crippen LogP) is 4.56. The summed E-state index contributed by atoms with van der Waals surface area (Å²) in [4.78, 5) is 12.2. The average Bonchev–Trinajstić information content (AvgIpc) is 2.44. The molecule has 0 saturated heterocycles. The number of rotatable bonds is 3. The van der Waals surface area contributed by atoms with E-state index < -0.39 is 0 Å². The van der Waals surface area contributed by atoms with Gasteiger partial charge in [0, 0.05) is 10.4 Å². The summed E-state index contributed by atoms with van der Waals surface area (Å²) < 4.78 is 1.78. The van der Waals surface area contributed by atoms with Crippen molar-refractivity contribution in [3.63, 3.8) is 0 Å². The Morgan fingerprint density at radius 2 is 2.06 bits per heavy atom. The predicted molar refractivity (Wildman–Crippen MR) is 79.7 cm³/mol. The highest BCUT2D eigenvalue weighted by Crippen LogP contribution is 2.32. The van der Waals surface area contributed by atoms with Crippen LogP contribution in [0, 0.1) is 0 Å². The Balaban J connectivity index is 2.85. The summed E-state index contributed by atoms with van der Waals surface area (Å²) in [6.07, 6.45) is 0. The van der Waals surface area contributed by atoms with E-state index in [0.29, 0.717) is 5.56 Å². The Morgan fingerprint density at radius 3 is 2.44 bits per heavy atom. The molecule has 0 aliphatic rings. The van der Waals surface area contributed by atoms with E-state index in [4.69, 9.17) is 0 Å². The van der Waals surface area contributed by atoms with E-state index in [9.17, 15) is 4.79 Å². The largest absolute Gasteiger partial charge is 0.346 e. The van der Waals surface area contributed by atoms with Gasteiger partial charge < -0.3 is 5.32 Å². The fourth-order valence-electron chi connectivity index (χ4n) is 0.954. The van der Waals surface area contributed by atoms with Gasteiger partial charge in [-0.2, -0.15) is 0 Å². The van der Waals surface area contributed by atoms with Crippen molar-refractivity contribution in [1.82, 2.24) is 5.32 Å². The van der Waals surface area contributed by atoms with Crippen molar-refractivity contribution in [2.24, 2.45) is 0 Å². The van der Waals surface area contributed by atoms with Crippen LogP contribution in [0.5, 0.6) is 0 Å². The minimum atomic E-state index is -0.287. The first-order valence-electron chi connectivity index (χ1n) is 4.65. The van der Waals surface area contributed by atoms with E-state index in [0.717, 1.165) is 7.57 Å². The summed E-state index contributed by atoms with van der Waals surface area (Å²) in [6.45, 7) is 5.98. The van der Waals surface area contributed by atoms with Crippen LogP contribution in [0.4, 0.5) is 0 Å². The first-order chi connectivity index (χ1) is 7.24. The molecule has 0 spiro atoms. The van der Waals surface area contributed by atoms with Gasteiger partial charge in [0.1, 0.15) is 0 Å². The number of halogens is 3. The maximum atomic E-state index is 12.0. The van der Waals surface area contributed by atoms with Crippen LogP contribution < -0.4 is 5.32 Å². The molecular weight excluding hydrogens is 422 g/mol. The molecular formula is C10H12Br3NOS. The summed E-state index contributed by atoms with van der Waals surface area (Å²) in [5.74, 6) is -0.0647. The number of carbonyl (C=O) groups is 1. The molecule has 0 radical (unpaired) electrons. The fourth-order valence-corrected chi connectivity index (χ4v) is 3.86. The van der Waals surface area contributed by atoms with E-state index in [-0.39, 0.29) is 16.3 Å². The molecule has 0 aliphatic carbocycles. The van der Waals surface area contributed by atoms with Gasteiger partial charge in [0.25, 0.3) is 5.91 Å². The summed E-state index contributed by atoms with van der Waals surface area (Å²) in [7, 11) is 0. The van der Waals surface area contributed by atoms with E-state index in [1.165, 1.54) is 11.3 Å². The van der Waals surface area contributed by atoms with Crippen LogP contribution >= 0.6 is 59.1 Å². The monoisotopic (exact) mass is 431 g/mol. The zero-order chi connectivity index (χ0) is 12.5. The standard InChI is InChI=1S/C10H12Br3NOS/c1-5(11)10(2,3)14-9(15)6-4-7(12)16-8(6)13/h4-5H,1-3H3,(H,14,15). The van der Waals surface area contributed by atoms with Gasteiger partial charge in [-0.25, -0.2) is 0 Å². The molecule has 1 N–H and O–H groups in total. The molecule has 0 bridgehead atoms. The maximum absolute atomic E-state index is 12.0. The summed E-state index contributed by atoms with van der Waals surface area (Å²) in [5, 5.41) is 3.00. The van der Waals surface area contributed by atoms with E-state index in [2.05, 4.69) is 53.1 Å². The molecule has 1 rings (SSSR count). The number of hydrogen-bond donors (Lipinski definition) is 1. The third-order valence-electron chi connectivity index (χ3n) is 2.33. The molecule has 1 aromatic heterocycles. The second-order valence-corrected chi connectivity index (χ2v) is 9.15. The molecule has 0 saturated carbocycles. The van der Waals surface area contributed by atoms with Crippen LogP contribution in [0.25, 0.3) is 0 Å². The van der Waals surface area contributed by atoms with Crippen molar-refractivity contribution < 1.29 is 4.79 Å². The number of amides is 1. The van der Waals surface area contributed by atoms with Crippen molar-refractivity contribution in [2.45, 2.75) is 31.1 Å². The normalized spacial score (nSPS) is 13.6. The van der Waals surface area contributed by atoms with Crippen molar-refractivity contribution in [3.05, 3.63) is 19.2 Å². The molecule has 6 heteroatoms. The number of alkyl halides is 1. The number of nitrogens with one attached hydrogen (secondary N) is 1. The second-order valence-electron chi connectivity index (χ2n) is 4.03. The molecule has 16 heavy (non-hydrogen) atoms. The van der Waals surface area contributed by atoms with Gasteiger partial charge in [0.05, 0.1) is 13.1 Å². The van der Waals surface area contributed by atoms with Crippen LogP contribution in [-0.2, 0) is 0 Å². The molecule has 2 nitrogen and oxygen atoms in total. The van der Waals surface area contributed by atoms with Gasteiger partial charge >= 0.3 is 0 Å². The van der Waals surface area contributed by atoms with E-state index >= 15 is 0 Å². The number of hydrogen-bond acceptors (Lipinski definition) is 2. The molecule has 0 aliphatic heterocycles. The van der Waals surface area contributed by atoms with E-state index in [1.807, 2.05) is 26.8 Å². The van der Waals surface area contributed by atoms with Gasteiger partial charge in [0.15, 0.2) is 0 Å². The molecule has 1 amide bonds. The zero-order valence-electron chi connectivity index (χ0n) is 9.11. The Morgan fingerprint density at radius 1 is 1.50 bits per heavy atom.